The average molecular weight is 400 g/mol. The van der Waals surface area contributed by atoms with E-state index in [1.165, 1.54) is 16.9 Å². The minimum Gasteiger partial charge on any atom is -0.347 e. The second-order valence-corrected chi connectivity index (χ2v) is 7.78. The van der Waals surface area contributed by atoms with Crippen LogP contribution in [0.15, 0.2) is 54.7 Å². The van der Waals surface area contributed by atoms with Gasteiger partial charge >= 0.3 is 0 Å². The van der Waals surface area contributed by atoms with Crippen LogP contribution in [0.1, 0.15) is 27.7 Å². The van der Waals surface area contributed by atoms with E-state index in [0.717, 1.165) is 29.2 Å². The summed E-state index contributed by atoms with van der Waals surface area (Å²) < 4.78 is 0. The van der Waals surface area contributed by atoms with Crippen molar-refractivity contribution >= 4 is 28.8 Å². The van der Waals surface area contributed by atoms with Crippen LogP contribution < -0.4 is 5.32 Å². The van der Waals surface area contributed by atoms with Crippen molar-refractivity contribution in [1.82, 2.24) is 15.2 Å². The second-order valence-electron chi connectivity index (χ2n) is 6.34. The number of halogens is 1. The molecule has 140 valence electrons. The summed E-state index contributed by atoms with van der Waals surface area (Å²) in [6.45, 7) is 4.52. The van der Waals surface area contributed by atoms with Crippen LogP contribution in [0.3, 0.4) is 0 Å². The van der Waals surface area contributed by atoms with Crippen molar-refractivity contribution in [2.24, 2.45) is 0 Å². The van der Waals surface area contributed by atoms with Gasteiger partial charge in [-0.05, 0) is 30.8 Å². The van der Waals surface area contributed by atoms with Crippen LogP contribution in [0.2, 0.25) is 5.02 Å². The van der Waals surface area contributed by atoms with Gasteiger partial charge < -0.3 is 10.2 Å². The lowest BCUT2D eigenvalue weighted by atomic mass is 10.1. The minimum absolute atomic E-state index is 0.123. The van der Waals surface area contributed by atoms with E-state index in [1.807, 2.05) is 36.4 Å². The number of carbonyl (C=O) groups excluding carboxylic acids is 1. The first-order valence-corrected chi connectivity index (χ1v) is 10.0. The Hall–Kier alpha value is -2.21. The lowest BCUT2D eigenvalue weighted by molar-refractivity contribution is 0.0954. The van der Waals surface area contributed by atoms with Crippen molar-refractivity contribution in [3.63, 3.8) is 0 Å². The quantitative estimate of drug-likeness (QED) is 0.618. The maximum absolute atomic E-state index is 12.5. The topological polar surface area (TPSA) is 45.2 Å². The first-order valence-electron chi connectivity index (χ1n) is 8.82. The number of hydrogen-bond acceptors (Lipinski definition) is 4. The van der Waals surface area contributed by atoms with Crippen molar-refractivity contribution in [3.05, 3.63) is 75.8 Å². The molecule has 3 rings (SSSR count). The van der Waals surface area contributed by atoms with Crippen molar-refractivity contribution < 1.29 is 4.79 Å². The van der Waals surface area contributed by atoms with E-state index in [4.69, 9.17) is 11.6 Å². The highest BCUT2D eigenvalue weighted by Gasteiger charge is 2.13. The van der Waals surface area contributed by atoms with Gasteiger partial charge in [0, 0.05) is 18.7 Å². The molecule has 0 aliphatic heterocycles. The Balaban J connectivity index is 1.63. The lowest BCUT2D eigenvalue weighted by Gasteiger charge is -2.14. The van der Waals surface area contributed by atoms with E-state index >= 15 is 0 Å². The number of hydrogen-bond donors (Lipinski definition) is 1. The third-order valence-electron chi connectivity index (χ3n) is 4.27. The van der Waals surface area contributed by atoms with Gasteiger partial charge in [-0.1, -0.05) is 61.0 Å². The molecule has 4 nitrogen and oxygen atoms in total. The molecule has 0 fully saturated rings. The van der Waals surface area contributed by atoms with Gasteiger partial charge in [0.2, 0.25) is 0 Å². The predicted octanol–water partition coefficient (Wildman–Crippen LogP) is 4.85. The summed E-state index contributed by atoms with van der Waals surface area (Å²) in [6.07, 6.45) is 1.60. The van der Waals surface area contributed by atoms with E-state index in [9.17, 15) is 4.79 Å². The molecule has 2 aromatic carbocycles. The number of nitrogens with zero attached hydrogens (tertiary/aromatic N) is 2. The molecular weight excluding hydrogens is 378 g/mol. The van der Waals surface area contributed by atoms with Crippen LogP contribution >= 0.6 is 22.9 Å². The molecule has 1 aromatic heterocycles. The van der Waals surface area contributed by atoms with Gasteiger partial charge in [-0.15, -0.1) is 11.3 Å². The summed E-state index contributed by atoms with van der Waals surface area (Å²) in [5.74, 6) is -0.123. The molecule has 0 saturated carbocycles. The number of nitrogens with one attached hydrogen (secondary N) is 1. The molecule has 3 aromatic rings. The minimum atomic E-state index is -0.123. The first kappa shape index (κ1) is 19.5. The Morgan fingerprint density at radius 1 is 1.19 bits per heavy atom. The fourth-order valence-electron chi connectivity index (χ4n) is 2.67. The molecule has 0 saturated heterocycles. The Morgan fingerprint density at radius 2 is 1.96 bits per heavy atom. The molecule has 0 bridgehead atoms. The standard InChI is InChI=1S/C21H22ClN3OS/c1-3-25(2)14-16-8-6-7-15(11-16)12-23-20(26)19-13-24-21(27-19)17-9-4-5-10-18(17)22/h4-11,13H,3,12,14H2,1-2H3,(H,23,26). The van der Waals surface area contributed by atoms with E-state index in [0.29, 0.717) is 16.4 Å². The number of carbonyl (C=O) groups is 1. The van der Waals surface area contributed by atoms with Crippen LogP contribution in [-0.4, -0.2) is 29.4 Å². The maximum Gasteiger partial charge on any atom is 0.263 e. The van der Waals surface area contributed by atoms with Gasteiger partial charge in [-0.2, -0.15) is 0 Å². The monoisotopic (exact) mass is 399 g/mol. The van der Waals surface area contributed by atoms with Crippen LogP contribution in [0.25, 0.3) is 10.6 Å². The van der Waals surface area contributed by atoms with Crippen LogP contribution in [0.4, 0.5) is 0 Å². The maximum atomic E-state index is 12.5. The van der Waals surface area contributed by atoms with E-state index < -0.39 is 0 Å². The van der Waals surface area contributed by atoms with Gasteiger partial charge in [0.1, 0.15) is 9.88 Å². The van der Waals surface area contributed by atoms with Gasteiger partial charge in [0.15, 0.2) is 0 Å². The van der Waals surface area contributed by atoms with Crippen molar-refractivity contribution in [1.29, 1.82) is 0 Å². The Morgan fingerprint density at radius 3 is 2.74 bits per heavy atom. The molecule has 0 atom stereocenters. The molecule has 0 aliphatic rings. The fraction of sp³-hybridized carbons (Fsp3) is 0.238. The highest BCUT2D eigenvalue weighted by Crippen LogP contribution is 2.30. The number of thiazole rings is 1. The smallest absolute Gasteiger partial charge is 0.263 e. The third-order valence-corrected chi connectivity index (χ3v) is 5.63. The third kappa shape index (κ3) is 5.16. The average Bonchev–Trinajstić information content (AvgIpc) is 3.16. The molecule has 6 heteroatoms. The highest BCUT2D eigenvalue weighted by molar-refractivity contribution is 7.17. The molecular formula is C21H22ClN3OS. The summed E-state index contributed by atoms with van der Waals surface area (Å²) >= 11 is 7.56. The normalized spacial score (nSPS) is 11.0. The Kier molecular flexibility index (Phi) is 6.61. The molecule has 27 heavy (non-hydrogen) atoms. The summed E-state index contributed by atoms with van der Waals surface area (Å²) in [7, 11) is 2.09. The molecule has 0 unspecified atom stereocenters. The molecule has 1 N–H and O–H groups in total. The van der Waals surface area contributed by atoms with Gasteiger partial charge in [0.05, 0.1) is 11.2 Å². The van der Waals surface area contributed by atoms with Crippen LogP contribution in [0, 0.1) is 0 Å². The second kappa shape index (κ2) is 9.13. The Bertz CT molecular complexity index is 925. The molecule has 0 aliphatic carbocycles. The van der Waals surface area contributed by atoms with E-state index in [1.54, 1.807) is 6.20 Å². The zero-order chi connectivity index (χ0) is 19.2. The zero-order valence-corrected chi connectivity index (χ0v) is 17.0. The van der Waals surface area contributed by atoms with Gasteiger partial charge in [-0.25, -0.2) is 4.98 Å². The Labute approximate surface area is 168 Å². The molecule has 1 heterocycles. The summed E-state index contributed by atoms with van der Waals surface area (Å²) in [6, 6.07) is 15.8. The zero-order valence-electron chi connectivity index (χ0n) is 15.4. The van der Waals surface area contributed by atoms with Crippen molar-refractivity contribution in [2.75, 3.05) is 13.6 Å². The van der Waals surface area contributed by atoms with E-state index in [-0.39, 0.29) is 5.91 Å². The SMILES string of the molecule is CCN(C)Cc1cccc(CNC(=O)c2cnc(-c3ccccc3Cl)s2)c1. The number of aromatic nitrogens is 1. The summed E-state index contributed by atoms with van der Waals surface area (Å²) in [5.41, 5.74) is 3.17. The lowest BCUT2D eigenvalue weighted by Crippen LogP contribution is -2.22. The van der Waals surface area contributed by atoms with Crippen LogP contribution in [0.5, 0.6) is 0 Å². The number of amides is 1. The molecule has 0 spiro atoms. The number of rotatable bonds is 7. The van der Waals surface area contributed by atoms with Gasteiger partial charge in [-0.3, -0.25) is 4.79 Å². The molecule has 1 amide bonds. The van der Waals surface area contributed by atoms with Crippen molar-refractivity contribution in [3.8, 4) is 10.6 Å². The van der Waals surface area contributed by atoms with E-state index in [2.05, 4.69) is 41.3 Å². The van der Waals surface area contributed by atoms with Crippen molar-refractivity contribution in [2.45, 2.75) is 20.0 Å². The number of benzene rings is 2. The predicted molar refractivity (Wildman–Crippen MR) is 112 cm³/mol. The van der Waals surface area contributed by atoms with Gasteiger partial charge in [0.25, 0.3) is 5.91 Å². The molecule has 0 radical (unpaired) electrons. The first-order chi connectivity index (χ1) is 13.1. The summed E-state index contributed by atoms with van der Waals surface area (Å²) in [5, 5.41) is 4.35. The fourth-order valence-corrected chi connectivity index (χ4v) is 3.82. The largest absolute Gasteiger partial charge is 0.347 e. The van der Waals surface area contributed by atoms with Crippen LogP contribution in [-0.2, 0) is 13.1 Å². The summed E-state index contributed by atoms with van der Waals surface area (Å²) in [4.78, 5) is 19.6. The highest BCUT2D eigenvalue weighted by atomic mass is 35.5.